The van der Waals surface area contributed by atoms with Gasteiger partial charge in [0.2, 0.25) is 0 Å². The topological polar surface area (TPSA) is 26.3 Å². The first kappa shape index (κ1) is 8.57. The van der Waals surface area contributed by atoms with Crippen LogP contribution in [0.4, 0.5) is 0 Å². The van der Waals surface area contributed by atoms with Crippen molar-refractivity contribution in [1.29, 1.82) is 0 Å². The van der Waals surface area contributed by atoms with Gasteiger partial charge < -0.3 is 4.74 Å². The van der Waals surface area contributed by atoms with Crippen LogP contribution in [0.3, 0.4) is 0 Å². The zero-order chi connectivity index (χ0) is 9.42. The molecule has 0 saturated heterocycles. The number of halogens is 1. The Labute approximate surface area is 81.5 Å². The standard InChI is InChI=1S/C10H9ClO2/c1-6-7(11)2-3-9-10(6)8(12)4-5-13-9/h2-3H,4-5H2,1H3. The number of Topliss-reactive ketones (excluding diaryl/α,β-unsaturated/α-hetero) is 1. The van der Waals surface area contributed by atoms with E-state index in [0.29, 0.717) is 29.4 Å². The second-order valence-corrected chi connectivity index (χ2v) is 3.47. The van der Waals surface area contributed by atoms with Crippen LogP contribution in [-0.2, 0) is 0 Å². The number of hydrogen-bond donors (Lipinski definition) is 0. The predicted molar refractivity (Wildman–Crippen MR) is 50.6 cm³/mol. The third kappa shape index (κ3) is 1.31. The molecule has 1 aliphatic rings. The lowest BCUT2D eigenvalue weighted by atomic mass is 10.00. The quantitative estimate of drug-likeness (QED) is 0.638. The first-order chi connectivity index (χ1) is 6.20. The third-order valence-corrected chi connectivity index (χ3v) is 2.64. The number of ketones is 1. The number of carbonyl (C=O) groups is 1. The fourth-order valence-corrected chi connectivity index (χ4v) is 1.66. The molecule has 13 heavy (non-hydrogen) atoms. The summed E-state index contributed by atoms with van der Waals surface area (Å²) in [5.74, 6) is 0.791. The van der Waals surface area contributed by atoms with Crippen LogP contribution in [0.15, 0.2) is 12.1 Å². The Kier molecular flexibility index (Phi) is 2.00. The van der Waals surface area contributed by atoms with Crippen LogP contribution in [0, 0.1) is 6.92 Å². The summed E-state index contributed by atoms with van der Waals surface area (Å²) in [5.41, 5.74) is 1.47. The molecular formula is C10H9ClO2. The Morgan fingerprint density at radius 2 is 2.23 bits per heavy atom. The van der Waals surface area contributed by atoms with E-state index in [4.69, 9.17) is 16.3 Å². The van der Waals surface area contributed by atoms with Gasteiger partial charge in [-0.3, -0.25) is 4.79 Å². The van der Waals surface area contributed by atoms with Gasteiger partial charge in [-0.15, -0.1) is 0 Å². The van der Waals surface area contributed by atoms with E-state index < -0.39 is 0 Å². The van der Waals surface area contributed by atoms with Gasteiger partial charge >= 0.3 is 0 Å². The molecule has 0 spiro atoms. The molecule has 0 unspecified atom stereocenters. The Balaban J connectivity index is 2.65. The van der Waals surface area contributed by atoms with Gasteiger partial charge in [-0.05, 0) is 24.6 Å². The molecule has 68 valence electrons. The van der Waals surface area contributed by atoms with Gasteiger partial charge in [-0.25, -0.2) is 0 Å². The summed E-state index contributed by atoms with van der Waals surface area (Å²) in [7, 11) is 0. The van der Waals surface area contributed by atoms with Crippen LogP contribution in [0.5, 0.6) is 5.75 Å². The van der Waals surface area contributed by atoms with E-state index in [9.17, 15) is 4.79 Å². The molecule has 1 heterocycles. The number of fused-ring (bicyclic) bond motifs is 1. The Bertz CT molecular complexity index is 371. The number of benzene rings is 1. The lowest BCUT2D eigenvalue weighted by Crippen LogP contribution is -2.16. The summed E-state index contributed by atoms with van der Waals surface area (Å²) >= 11 is 5.90. The number of hydrogen-bond acceptors (Lipinski definition) is 2. The number of ether oxygens (including phenoxy) is 1. The molecule has 1 aromatic rings. The highest BCUT2D eigenvalue weighted by Crippen LogP contribution is 2.31. The smallest absolute Gasteiger partial charge is 0.170 e. The van der Waals surface area contributed by atoms with Crippen molar-refractivity contribution >= 4 is 17.4 Å². The van der Waals surface area contributed by atoms with E-state index in [1.165, 1.54) is 0 Å². The van der Waals surface area contributed by atoms with Crippen LogP contribution in [0.2, 0.25) is 5.02 Å². The lowest BCUT2D eigenvalue weighted by Gasteiger charge is -2.18. The van der Waals surface area contributed by atoms with E-state index in [0.717, 1.165) is 5.56 Å². The van der Waals surface area contributed by atoms with E-state index in [1.54, 1.807) is 12.1 Å². The van der Waals surface area contributed by atoms with Crippen molar-refractivity contribution in [3.05, 3.63) is 28.3 Å². The van der Waals surface area contributed by atoms with E-state index in [-0.39, 0.29) is 5.78 Å². The van der Waals surface area contributed by atoms with Crippen molar-refractivity contribution < 1.29 is 9.53 Å². The summed E-state index contributed by atoms with van der Waals surface area (Å²) in [5, 5.41) is 0.623. The highest BCUT2D eigenvalue weighted by Gasteiger charge is 2.21. The second kappa shape index (κ2) is 3.04. The minimum Gasteiger partial charge on any atom is -0.492 e. The SMILES string of the molecule is Cc1c(Cl)ccc2c1C(=O)CCO2. The van der Waals surface area contributed by atoms with Crippen molar-refractivity contribution in [2.75, 3.05) is 6.61 Å². The molecule has 0 radical (unpaired) electrons. The second-order valence-electron chi connectivity index (χ2n) is 3.07. The monoisotopic (exact) mass is 196 g/mol. The molecule has 0 saturated carbocycles. The maximum atomic E-state index is 11.5. The van der Waals surface area contributed by atoms with E-state index in [2.05, 4.69) is 0 Å². The third-order valence-electron chi connectivity index (χ3n) is 2.23. The van der Waals surface area contributed by atoms with Crippen molar-refractivity contribution in [2.24, 2.45) is 0 Å². The summed E-state index contributed by atoms with van der Waals surface area (Å²) in [4.78, 5) is 11.5. The molecule has 1 aromatic carbocycles. The minimum absolute atomic E-state index is 0.126. The lowest BCUT2D eigenvalue weighted by molar-refractivity contribution is 0.0932. The summed E-state index contributed by atoms with van der Waals surface area (Å²) in [6.07, 6.45) is 0.453. The molecule has 0 bridgehead atoms. The Morgan fingerprint density at radius 1 is 1.46 bits per heavy atom. The van der Waals surface area contributed by atoms with Gasteiger partial charge in [0.15, 0.2) is 5.78 Å². The van der Waals surface area contributed by atoms with Gasteiger partial charge in [0, 0.05) is 11.4 Å². The first-order valence-corrected chi connectivity index (χ1v) is 4.53. The maximum Gasteiger partial charge on any atom is 0.170 e. The fraction of sp³-hybridized carbons (Fsp3) is 0.300. The van der Waals surface area contributed by atoms with E-state index >= 15 is 0 Å². The summed E-state index contributed by atoms with van der Waals surface area (Å²) < 4.78 is 5.35. The van der Waals surface area contributed by atoms with Gasteiger partial charge in [-0.1, -0.05) is 11.6 Å². The highest BCUT2D eigenvalue weighted by molar-refractivity contribution is 6.32. The van der Waals surface area contributed by atoms with Crippen LogP contribution >= 0.6 is 11.6 Å². The molecule has 2 rings (SSSR count). The summed E-state index contributed by atoms with van der Waals surface area (Å²) in [6.45, 7) is 2.32. The van der Waals surface area contributed by atoms with Crippen LogP contribution < -0.4 is 4.74 Å². The van der Waals surface area contributed by atoms with Crippen molar-refractivity contribution in [3.63, 3.8) is 0 Å². The predicted octanol–water partition coefficient (Wildman–Crippen LogP) is 2.61. The zero-order valence-electron chi connectivity index (χ0n) is 7.26. The van der Waals surface area contributed by atoms with Crippen molar-refractivity contribution in [2.45, 2.75) is 13.3 Å². The van der Waals surface area contributed by atoms with Crippen molar-refractivity contribution in [3.8, 4) is 5.75 Å². The van der Waals surface area contributed by atoms with Crippen LogP contribution in [-0.4, -0.2) is 12.4 Å². The molecule has 0 amide bonds. The summed E-state index contributed by atoms with van der Waals surface area (Å²) in [6, 6.07) is 3.51. The van der Waals surface area contributed by atoms with Gasteiger partial charge in [-0.2, -0.15) is 0 Å². The molecule has 3 heteroatoms. The Morgan fingerprint density at radius 3 is 3.00 bits per heavy atom. The molecule has 2 nitrogen and oxygen atoms in total. The van der Waals surface area contributed by atoms with Crippen LogP contribution in [0.25, 0.3) is 0 Å². The van der Waals surface area contributed by atoms with Crippen LogP contribution in [0.1, 0.15) is 22.3 Å². The number of carbonyl (C=O) groups excluding carboxylic acids is 1. The zero-order valence-corrected chi connectivity index (χ0v) is 8.02. The largest absolute Gasteiger partial charge is 0.492 e. The molecule has 0 atom stereocenters. The highest BCUT2D eigenvalue weighted by atomic mass is 35.5. The average Bonchev–Trinajstić information content (AvgIpc) is 2.12. The average molecular weight is 197 g/mol. The Hall–Kier alpha value is -1.02. The molecule has 0 aliphatic carbocycles. The van der Waals surface area contributed by atoms with Gasteiger partial charge in [0.1, 0.15) is 5.75 Å². The molecule has 0 aromatic heterocycles. The normalized spacial score (nSPS) is 15.1. The van der Waals surface area contributed by atoms with Crippen molar-refractivity contribution in [1.82, 2.24) is 0 Å². The van der Waals surface area contributed by atoms with E-state index in [1.807, 2.05) is 6.92 Å². The van der Waals surface area contributed by atoms with Gasteiger partial charge in [0.25, 0.3) is 0 Å². The molecular weight excluding hydrogens is 188 g/mol. The molecule has 0 fully saturated rings. The first-order valence-electron chi connectivity index (χ1n) is 4.15. The molecule has 1 aliphatic heterocycles. The molecule has 0 N–H and O–H groups in total. The maximum absolute atomic E-state index is 11.5. The fourth-order valence-electron chi connectivity index (χ4n) is 1.51. The minimum atomic E-state index is 0.126. The van der Waals surface area contributed by atoms with Gasteiger partial charge in [0.05, 0.1) is 12.2 Å². The number of rotatable bonds is 0.